The summed E-state index contributed by atoms with van der Waals surface area (Å²) in [7, 11) is 3.59. The van der Waals surface area contributed by atoms with Crippen LogP contribution in [0.1, 0.15) is 10.4 Å². The number of rotatable bonds is 2. The molecule has 0 radical (unpaired) electrons. The van der Waals surface area contributed by atoms with E-state index < -0.39 is 0 Å². The van der Waals surface area contributed by atoms with Crippen molar-refractivity contribution in [2.24, 2.45) is 0 Å². The number of nitrogens with zero attached hydrogens (tertiary/aromatic N) is 2. The van der Waals surface area contributed by atoms with Crippen molar-refractivity contribution in [3.05, 3.63) is 23.8 Å². The Bertz CT molecular complexity index is 440. The van der Waals surface area contributed by atoms with Crippen molar-refractivity contribution in [1.29, 1.82) is 0 Å². The van der Waals surface area contributed by atoms with E-state index in [1.54, 1.807) is 18.2 Å². The van der Waals surface area contributed by atoms with Gasteiger partial charge in [-0.05, 0) is 19.2 Å². The van der Waals surface area contributed by atoms with Crippen LogP contribution in [0.2, 0.25) is 0 Å². The number of para-hydroxylation sites is 1. The highest BCUT2D eigenvalue weighted by atomic mass is 16.5. The monoisotopic (exact) mass is 249 g/mol. The second-order valence-electron chi connectivity index (χ2n) is 4.52. The molecule has 2 N–H and O–H groups in total. The molecule has 1 heterocycles. The van der Waals surface area contributed by atoms with Gasteiger partial charge in [0.25, 0.3) is 5.91 Å². The number of anilines is 1. The number of methoxy groups -OCH3 is 1. The molecule has 5 nitrogen and oxygen atoms in total. The molecule has 1 aromatic rings. The third-order valence-corrected chi connectivity index (χ3v) is 3.27. The standard InChI is InChI=1S/C13H19N3O2/c1-15-6-8-16(9-7-15)13(17)10-4-3-5-11(14)12(10)18-2/h3-5H,6-9,14H2,1-2H3. The fourth-order valence-corrected chi connectivity index (χ4v) is 2.13. The molecule has 98 valence electrons. The van der Waals surface area contributed by atoms with Crippen molar-refractivity contribution in [2.45, 2.75) is 0 Å². The van der Waals surface area contributed by atoms with E-state index in [0.29, 0.717) is 17.0 Å². The van der Waals surface area contributed by atoms with Crippen LogP contribution in [0.15, 0.2) is 18.2 Å². The minimum absolute atomic E-state index is 0.00718. The van der Waals surface area contributed by atoms with E-state index >= 15 is 0 Å². The van der Waals surface area contributed by atoms with Crippen molar-refractivity contribution < 1.29 is 9.53 Å². The van der Waals surface area contributed by atoms with Gasteiger partial charge in [-0.15, -0.1) is 0 Å². The van der Waals surface area contributed by atoms with Gasteiger partial charge in [-0.25, -0.2) is 0 Å². The van der Waals surface area contributed by atoms with Crippen molar-refractivity contribution in [3.8, 4) is 5.75 Å². The summed E-state index contributed by atoms with van der Waals surface area (Å²) in [6.45, 7) is 3.29. The van der Waals surface area contributed by atoms with Gasteiger partial charge < -0.3 is 20.3 Å². The summed E-state index contributed by atoms with van der Waals surface area (Å²) in [6, 6.07) is 5.27. The fourth-order valence-electron chi connectivity index (χ4n) is 2.13. The molecule has 5 heteroatoms. The quantitative estimate of drug-likeness (QED) is 0.782. The van der Waals surface area contributed by atoms with Gasteiger partial charge in [-0.1, -0.05) is 6.07 Å². The third kappa shape index (κ3) is 2.41. The number of carbonyl (C=O) groups excluding carboxylic acids is 1. The first-order chi connectivity index (χ1) is 8.63. The molecule has 0 unspecified atom stereocenters. The molecule has 2 rings (SSSR count). The van der Waals surface area contributed by atoms with Crippen LogP contribution < -0.4 is 10.5 Å². The molecule has 1 amide bonds. The number of carbonyl (C=O) groups is 1. The van der Waals surface area contributed by atoms with E-state index in [0.717, 1.165) is 26.2 Å². The van der Waals surface area contributed by atoms with Gasteiger partial charge in [0.15, 0.2) is 5.75 Å². The summed E-state index contributed by atoms with van der Waals surface area (Å²) < 4.78 is 5.23. The molecule has 0 aromatic heterocycles. The maximum Gasteiger partial charge on any atom is 0.257 e. The molecule has 0 atom stereocenters. The number of ether oxygens (including phenoxy) is 1. The molecule has 0 aliphatic carbocycles. The molecule has 1 aliphatic heterocycles. The summed E-state index contributed by atoms with van der Waals surface area (Å²) >= 11 is 0. The molecule has 1 fully saturated rings. The first kappa shape index (κ1) is 12.7. The van der Waals surface area contributed by atoms with Gasteiger partial charge >= 0.3 is 0 Å². The predicted octanol–water partition coefficient (Wildman–Crippen LogP) is 0.665. The lowest BCUT2D eigenvalue weighted by Crippen LogP contribution is -2.47. The lowest BCUT2D eigenvalue weighted by Gasteiger charge is -2.32. The number of benzene rings is 1. The minimum Gasteiger partial charge on any atom is -0.494 e. The van der Waals surface area contributed by atoms with Crippen LogP contribution in [0.5, 0.6) is 5.75 Å². The molecule has 1 saturated heterocycles. The number of likely N-dealkylation sites (N-methyl/N-ethyl adjacent to an activating group) is 1. The van der Waals surface area contributed by atoms with Crippen molar-refractivity contribution >= 4 is 11.6 Å². The van der Waals surface area contributed by atoms with Crippen molar-refractivity contribution in [3.63, 3.8) is 0 Å². The van der Waals surface area contributed by atoms with E-state index in [1.807, 2.05) is 4.90 Å². The summed E-state index contributed by atoms with van der Waals surface area (Å²) in [5.41, 5.74) is 6.86. The second kappa shape index (κ2) is 5.27. The van der Waals surface area contributed by atoms with E-state index in [2.05, 4.69) is 11.9 Å². The molecule has 0 saturated carbocycles. The van der Waals surface area contributed by atoms with Gasteiger partial charge in [0.1, 0.15) is 0 Å². The van der Waals surface area contributed by atoms with Gasteiger partial charge in [0, 0.05) is 26.2 Å². The molecule has 1 aromatic carbocycles. The average molecular weight is 249 g/mol. The summed E-state index contributed by atoms with van der Waals surface area (Å²) in [6.07, 6.45) is 0. The van der Waals surface area contributed by atoms with Crippen LogP contribution >= 0.6 is 0 Å². The minimum atomic E-state index is -0.00718. The molecule has 18 heavy (non-hydrogen) atoms. The van der Waals surface area contributed by atoms with E-state index in [-0.39, 0.29) is 5.91 Å². The number of amides is 1. The second-order valence-corrected chi connectivity index (χ2v) is 4.52. The molecule has 0 spiro atoms. The smallest absolute Gasteiger partial charge is 0.257 e. The lowest BCUT2D eigenvalue weighted by atomic mass is 10.1. The normalized spacial score (nSPS) is 16.7. The van der Waals surface area contributed by atoms with E-state index in [9.17, 15) is 4.79 Å². The number of piperazine rings is 1. The molecular weight excluding hydrogens is 230 g/mol. The summed E-state index contributed by atoms with van der Waals surface area (Å²) in [4.78, 5) is 16.5. The Hall–Kier alpha value is -1.75. The van der Waals surface area contributed by atoms with Gasteiger partial charge in [-0.3, -0.25) is 4.79 Å². The highest BCUT2D eigenvalue weighted by Gasteiger charge is 2.23. The van der Waals surface area contributed by atoms with Crippen LogP contribution in [0.25, 0.3) is 0 Å². The zero-order valence-electron chi connectivity index (χ0n) is 10.8. The maximum absolute atomic E-state index is 12.4. The van der Waals surface area contributed by atoms with Crippen LogP contribution in [0.3, 0.4) is 0 Å². The third-order valence-electron chi connectivity index (χ3n) is 3.27. The summed E-state index contributed by atoms with van der Waals surface area (Å²) in [5, 5.41) is 0. The van der Waals surface area contributed by atoms with Crippen LogP contribution in [-0.2, 0) is 0 Å². The Morgan fingerprint density at radius 3 is 2.56 bits per heavy atom. The van der Waals surface area contributed by atoms with Crippen LogP contribution in [0.4, 0.5) is 5.69 Å². The number of hydrogen-bond donors (Lipinski definition) is 1. The van der Waals surface area contributed by atoms with Crippen molar-refractivity contribution in [2.75, 3.05) is 46.1 Å². The Morgan fingerprint density at radius 2 is 1.94 bits per heavy atom. The van der Waals surface area contributed by atoms with E-state index in [1.165, 1.54) is 7.11 Å². The highest BCUT2D eigenvalue weighted by molar-refractivity contribution is 5.98. The predicted molar refractivity (Wildman–Crippen MR) is 70.8 cm³/mol. The summed E-state index contributed by atoms with van der Waals surface area (Å²) in [5.74, 6) is 0.466. The average Bonchev–Trinajstić information content (AvgIpc) is 2.38. The van der Waals surface area contributed by atoms with Crippen LogP contribution in [0, 0.1) is 0 Å². The first-order valence-electron chi connectivity index (χ1n) is 6.03. The largest absolute Gasteiger partial charge is 0.494 e. The number of nitrogen functional groups attached to an aromatic ring is 1. The Balaban J connectivity index is 2.21. The number of hydrogen-bond acceptors (Lipinski definition) is 4. The van der Waals surface area contributed by atoms with Gasteiger partial charge in [0.2, 0.25) is 0 Å². The van der Waals surface area contributed by atoms with Gasteiger partial charge in [-0.2, -0.15) is 0 Å². The van der Waals surface area contributed by atoms with Crippen LogP contribution in [-0.4, -0.2) is 56.0 Å². The zero-order chi connectivity index (χ0) is 13.1. The SMILES string of the molecule is COc1c(N)cccc1C(=O)N1CCN(C)CC1. The van der Waals surface area contributed by atoms with Gasteiger partial charge in [0.05, 0.1) is 18.4 Å². The maximum atomic E-state index is 12.4. The van der Waals surface area contributed by atoms with Crippen molar-refractivity contribution in [1.82, 2.24) is 9.80 Å². The molecule has 0 bridgehead atoms. The Kier molecular flexibility index (Phi) is 3.72. The lowest BCUT2D eigenvalue weighted by molar-refractivity contribution is 0.0661. The molecule has 1 aliphatic rings. The highest BCUT2D eigenvalue weighted by Crippen LogP contribution is 2.27. The van der Waals surface area contributed by atoms with E-state index in [4.69, 9.17) is 10.5 Å². The Morgan fingerprint density at radius 1 is 1.28 bits per heavy atom. The fraction of sp³-hybridized carbons (Fsp3) is 0.462. The zero-order valence-corrected chi connectivity index (χ0v) is 10.8. The Labute approximate surface area is 107 Å². The number of nitrogens with two attached hydrogens (primary N) is 1. The first-order valence-corrected chi connectivity index (χ1v) is 6.03. The molecular formula is C13H19N3O2. The topological polar surface area (TPSA) is 58.8 Å².